The lowest BCUT2D eigenvalue weighted by Gasteiger charge is -2.12. The molecule has 180 valence electrons. The fourth-order valence-corrected chi connectivity index (χ4v) is 6.48. The van der Waals surface area contributed by atoms with E-state index < -0.39 is 9.84 Å². The van der Waals surface area contributed by atoms with Crippen LogP contribution in [-0.2, 0) is 22.1 Å². The smallest absolute Gasteiger partial charge is 0.193 e. The van der Waals surface area contributed by atoms with Gasteiger partial charge in [-0.25, -0.2) is 8.42 Å². The van der Waals surface area contributed by atoms with Crippen LogP contribution in [0.2, 0.25) is 4.34 Å². The monoisotopic (exact) mass is 519 g/mol. The molecule has 2 aromatic heterocycles. The van der Waals surface area contributed by atoms with E-state index in [0.29, 0.717) is 34.3 Å². The number of methoxy groups -OCH3 is 1. The van der Waals surface area contributed by atoms with E-state index in [-0.39, 0.29) is 9.96 Å². The Morgan fingerprint density at radius 3 is 2.62 bits per heavy atom. The van der Waals surface area contributed by atoms with Crippen LogP contribution in [0.1, 0.15) is 11.3 Å². The van der Waals surface area contributed by atoms with Gasteiger partial charge in [0, 0.05) is 6.54 Å². The Balaban J connectivity index is 1.67. The van der Waals surface area contributed by atoms with Crippen LogP contribution in [0, 0.1) is 0 Å². The summed E-state index contributed by atoms with van der Waals surface area (Å²) in [6, 6.07) is 16.6. The lowest BCUT2D eigenvalue weighted by molar-refractivity contribution is 0.261. The van der Waals surface area contributed by atoms with Crippen molar-refractivity contribution in [1.29, 1.82) is 0 Å². The molecule has 0 N–H and O–H groups in total. The molecule has 0 atom stereocenters. The van der Waals surface area contributed by atoms with Gasteiger partial charge in [0.1, 0.15) is 28.1 Å². The third-order valence-corrected chi connectivity index (χ3v) is 8.69. The Labute approximate surface area is 208 Å². The van der Waals surface area contributed by atoms with E-state index in [4.69, 9.17) is 26.2 Å². The summed E-state index contributed by atoms with van der Waals surface area (Å²) in [5.74, 6) is 1.12. The summed E-state index contributed by atoms with van der Waals surface area (Å²) < 4.78 is 40.0. The van der Waals surface area contributed by atoms with Gasteiger partial charge in [-0.1, -0.05) is 29.8 Å². The van der Waals surface area contributed by atoms with E-state index in [0.717, 1.165) is 34.7 Å². The van der Waals surface area contributed by atoms with E-state index in [1.165, 1.54) is 6.07 Å². The molecule has 2 aromatic carbocycles. The van der Waals surface area contributed by atoms with E-state index in [1.54, 1.807) is 13.2 Å². The normalized spacial score (nSPS) is 11.9. The molecule has 0 aliphatic carbocycles. The van der Waals surface area contributed by atoms with Crippen molar-refractivity contribution >= 4 is 43.7 Å². The number of sulfone groups is 1. The second kappa shape index (κ2) is 10.4. The molecular formula is C24H26ClN3O4S2. The number of halogens is 1. The number of rotatable bonds is 10. The molecule has 0 aliphatic rings. The van der Waals surface area contributed by atoms with E-state index in [1.807, 2.05) is 61.2 Å². The first-order valence-corrected chi connectivity index (χ1v) is 13.5. The molecule has 0 fully saturated rings. The van der Waals surface area contributed by atoms with Crippen LogP contribution in [0.4, 0.5) is 0 Å². The first-order chi connectivity index (χ1) is 16.3. The summed E-state index contributed by atoms with van der Waals surface area (Å²) in [7, 11) is 1.96. The third kappa shape index (κ3) is 5.55. The predicted octanol–water partition coefficient (Wildman–Crippen LogP) is 4.72. The average molecular weight is 520 g/mol. The lowest BCUT2D eigenvalue weighted by Crippen LogP contribution is -2.19. The minimum Gasteiger partial charge on any atom is -0.496 e. The van der Waals surface area contributed by atoms with E-state index in [2.05, 4.69) is 4.90 Å². The Bertz CT molecular complexity index is 1400. The van der Waals surface area contributed by atoms with Crippen LogP contribution >= 0.6 is 22.9 Å². The molecule has 4 aromatic rings. The maximum absolute atomic E-state index is 13.1. The van der Waals surface area contributed by atoms with Crippen molar-refractivity contribution in [2.24, 2.45) is 0 Å². The fraction of sp³-hybridized carbons (Fsp3) is 0.292. The first-order valence-electron chi connectivity index (χ1n) is 10.6. The van der Waals surface area contributed by atoms with Crippen LogP contribution in [-0.4, -0.2) is 57.5 Å². The van der Waals surface area contributed by atoms with Gasteiger partial charge >= 0.3 is 0 Å². The van der Waals surface area contributed by atoms with Gasteiger partial charge in [-0.3, -0.25) is 4.68 Å². The number of ether oxygens (including phenoxy) is 2. The molecule has 0 amide bonds. The molecule has 0 bridgehead atoms. The molecule has 4 rings (SSSR count). The number of aromatic nitrogens is 2. The van der Waals surface area contributed by atoms with E-state index in [9.17, 15) is 8.42 Å². The SMILES string of the molecule is COc1cccc2c1c(CS(=O)(=O)c1ccc(Cl)s1)nn2Cc1cccc(OCCN(C)C)c1. The number of hydrogen-bond acceptors (Lipinski definition) is 7. The molecular weight excluding hydrogens is 494 g/mol. The molecule has 0 saturated carbocycles. The molecule has 0 saturated heterocycles. The first kappa shape index (κ1) is 24.5. The molecule has 0 aliphatic heterocycles. The fourth-order valence-electron chi connectivity index (χ4n) is 3.63. The molecule has 10 heteroatoms. The number of thiophene rings is 1. The largest absolute Gasteiger partial charge is 0.496 e. The van der Waals surface area contributed by atoms with Gasteiger partial charge in [-0.2, -0.15) is 5.10 Å². The molecule has 0 unspecified atom stereocenters. The van der Waals surface area contributed by atoms with Gasteiger partial charge in [0.25, 0.3) is 0 Å². The summed E-state index contributed by atoms with van der Waals surface area (Å²) in [5, 5.41) is 5.40. The zero-order chi connectivity index (χ0) is 24.3. The second-order valence-electron chi connectivity index (χ2n) is 8.08. The van der Waals surface area contributed by atoms with Gasteiger partial charge in [-0.15, -0.1) is 11.3 Å². The molecule has 34 heavy (non-hydrogen) atoms. The van der Waals surface area contributed by atoms with Crippen molar-refractivity contribution < 1.29 is 17.9 Å². The van der Waals surface area contributed by atoms with Crippen molar-refractivity contribution in [1.82, 2.24) is 14.7 Å². The zero-order valence-electron chi connectivity index (χ0n) is 19.2. The van der Waals surface area contributed by atoms with Gasteiger partial charge in [0.15, 0.2) is 9.84 Å². The van der Waals surface area contributed by atoms with Gasteiger partial charge in [-0.05, 0) is 56.1 Å². The highest BCUT2D eigenvalue weighted by atomic mass is 35.5. The summed E-state index contributed by atoms with van der Waals surface area (Å²) in [4.78, 5) is 2.06. The topological polar surface area (TPSA) is 73.7 Å². The van der Waals surface area contributed by atoms with Crippen LogP contribution in [0.3, 0.4) is 0 Å². The summed E-state index contributed by atoms with van der Waals surface area (Å²) in [6.07, 6.45) is 0. The quantitative estimate of drug-likeness (QED) is 0.302. The minimum atomic E-state index is -3.61. The van der Waals surface area contributed by atoms with Crippen LogP contribution in [0.15, 0.2) is 58.8 Å². The lowest BCUT2D eigenvalue weighted by atomic mass is 10.2. The Hall–Kier alpha value is -2.59. The molecule has 7 nitrogen and oxygen atoms in total. The van der Waals surface area contributed by atoms with Crippen molar-refractivity contribution in [3.63, 3.8) is 0 Å². The van der Waals surface area contributed by atoms with Crippen molar-refractivity contribution in [2.75, 3.05) is 34.4 Å². The minimum absolute atomic E-state index is 0.220. The predicted molar refractivity (Wildman–Crippen MR) is 136 cm³/mol. The molecule has 0 spiro atoms. The van der Waals surface area contributed by atoms with Gasteiger partial charge in [0.05, 0.1) is 34.6 Å². The highest BCUT2D eigenvalue weighted by Gasteiger charge is 2.24. The maximum Gasteiger partial charge on any atom is 0.193 e. The maximum atomic E-state index is 13.1. The number of hydrogen-bond donors (Lipinski definition) is 0. The van der Waals surface area contributed by atoms with Crippen molar-refractivity contribution in [2.45, 2.75) is 16.5 Å². The molecule has 2 heterocycles. The van der Waals surface area contributed by atoms with Gasteiger partial charge < -0.3 is 14.4 Å². The Morgan fingerprint density at radius 1 is 1.12 bits per heavy atom. The zero-order valence-corrected chi connectivity index (χ0v) is 21.6. The van der Waals surface area contributed by atoms with Gasteiger partial charge in [0.2, 0.25) is 0 Å². The Kier molecular flexibility index (Phi) is 7.47. The summed E-state index contributed by atoms with van der Waals surface area (Å²) >= 11 is 7.01. The number of nitrogens with zero attached hydrogens (tertiary/aromatic N) is 3. The van der Waals surface area contributed by atoms with Crippen LogP contribution in [0.25, 0.3) is 10.9 Å². The Morgan fingerprint density at radius 2 is 1.91 bits per heavy atom. The highest BCUT2D eigenvalue weighted by molar-refractivity contribution is 7.92. The summed E-state index contributed by atoms with van der Waals surface area (Å²) in [5.41, 5.74) is 2.23. The van der Waals surface area contributed by atoms with Crippen LogP contribution < -0.4 is 9.47 Å². The molecule has 0 radical (unpaired) electrons. The van der Waals surface area contributed by atoms with E-state index >= 15 is 0 Å². The summed E-state index contributed by atoms with van der Waals surface area (Å²) in [6.45, 7) is 1.87. The van der Waals surface area contributed by atoms with Crippen molar-refractivity contribution in [3.05, 3.63) is 70.2 Å². The standard InChI is InChI=1S/C24H26ClN3O4S2/c1-27(2)12-13-32-18-7-4-6-17(14-18)15-28-20-8-5-9-21(31-3)24(20)19(26-28)16-34(29,30)23-11-10-22(25)33-23/h4-11,14H,12-13,15-16H2,1-3H3. The highest BCUT2D eigenvalue weighted by Crippen LogP contribution is 2.33. The van der Waals surface area contributed by atoms with Crippen LogP contribution in [0.5, 0.6) is 11.5 Å². The van der Waals surface area contributed by atoms with Crippen molar-refractivity contribution in [3.8, 4) is 11.5 Å². The second-order valence-corrected chi connectivity index (χ2v) is 12.0. The number of benzene rings is 2. The number of fused-ring (bicyclic) bond motifs is 1. The third-order valence-electron chi connectivity index (χ3n) is 5.25. The average Bonchev–Trinajstić information content (AvgIpc) is 3.38. The number of likely N-dealkylation sites (N-methyl/N-ethyl adjacent to an activating group) is 1.